The van der Waals surface area contributed by atoms with Crippen LogP contribution in [-0.4, -0.2) is 15.6 Å². The zero-order valence-electron chi connectivity index (χ0n) is 11.6. The molecule has 3 nitrogen and oxygen atoms in total. The maximum absolute atomic E-state index is 12.4. The third kappa shape index (κ3) is 2.87. The first-order valence-electron chi connectivity index (χ1n) is 6.19. The molecule has 0 saturated heterocycles. The quantitative estimate of drug-likeness (QED) is 0.802. The summed E-state index contributed by atoms with van der Waals surface area (Å²) in [7, 11) is 0. The highest BCUT2D eigenvalue weighted by molar-refractivity contribution is 6.31. The molecule has 0 aliphatic rings. The fourth-order valence-electron chi connectivity index (χ4n) is 2.42. The molecule has 0 bridgehead atoms. The largest absolute Gasteiger partial charge is 0.292 e. The van der Waals surface area contributed by atoms with Gasteiger partial charge in [0.2, 0.25) is 0 Å². The van der Waals surface area contributed by atoms with Crippen molar-refractivity contribution < 1.29 is 4.79 Å². The number of hydrogen-bond acceptors (Lipinski definition) is 2. The smallest absolute Gasteiger partial charge is 0.184 e. The van der Waals surface area contributed by atoms with Gasteiger partial charge in [-0.2, -0.15) is 5.10 Å². The van der Waals surface area contributed by atoms with Crippen LogP contribution in [0, 0.1) is 27.7 Å². The van der Waals surface area contributed by atoms with Gasteiger partial charge >= 0.3 is 0 Å². The number of aromatic nitrogens is 2. The van der Waals surface area contributed by atoms with Crippen molar-refractivity contribution in [3.8, 4) is 0 Å². The van der Waals surface area contributed by atoms with Crippen molar-refractivity contribution in [2.24, 2.45) is 0 Å². The Kier molecular flexibility index (Phi) is 3.76. The molecule has 19 heavy (non-hydrogen) atoms. The summed E-state index contributed by atoms with van der Waals surface area (Å²) in [5.41, 5.74) is 4.72. The molecule has 0 saturated carbocycles. The van der Waals surface area contributed by atoms with E-state index in [0.717, 1.165) is 22.4 Å². The molecule has 4 heteroatoms. The predicted octanol–water partition coefficient (Wildman–Crippen LogP) is 3.65. The molecular weight excluding hydrogens is 260 g/mol. The molecule has 1 aromatic carbocycles. The molecule has 0 radical (unpaired) electrons. The fourth-order valence-corrected chi connectivity index (χ4v) is 2.57. The van der Waals surface area contributed by atoms with Crippen LogP contribution in [-0.2, 0) is 6.54 Å². The van der Waals surface area contributed by atoms with Crippen LogP contribution in [0.25, 0.3) is 0 Å². The molecule has 1 aromatic heterocycles. The molecule has 2 rings (SSSR count). The summed E-state index contributed by atoms with van der Waals surface area (Å²) in [6.07, 6.45) is 1.69. The maximum Gasteiger partial charge on any atom is 0.184 e. The van der Waals surface area contributed by atoms with Gasteiger partial charge in [-0.1, -0.05) is 29.3 Å². The third-order valence-electron chi connectivity index (χ3n) is 3.15. The van der Waals surface area contributed by atoms with Crippen molar-refractivity contribution in [3.63, 3.8) is 0 Å². The maximum atomic E-state index is 12.4. The molecule has 0 N–H and O–H groups in total. The van der Waals surface area contributed by atoms with Crippen molar-refractivity contribution in [3.05, 3.63) is 51.3 Å². The number of benzene rings is 1. The summed E-state index contributed by atoms with van der Waals surface area (Å²) in [6.45, 7) is 8.01. The van der Waals surface area contributed by atoms with Crippen molar-refractivity contribution >= 4 is 17.4 Å². The number of nitrogens with zero attached hydrogens (tertiary/aromatic N) is 2. The lowest BCUT2D eigenvalue weighted by atomic mass is 9.96. The van der Waals surface area contributed by atoms with Gasteiger partial charge in [-0.05, 0) is 38.8 Å². The van der Waals surface area contributed by atoms with E-state index in [1.165, 1.54) is 5.56 Å². The Morgan fingerprint density at radius 1 is 1.21 bits per heavy atom. The lowest BCUT2D eigenvalue weighted by Crippen LogP contribution is -2.14. The fraction of sp³-hybridized carbons (Fsp3) is 0.333. The van der Waals surface area contributed by atoms with Crippen LogP contribution in [0.4, 0.5) is 0 Å². The first-order valence-corrected chi connectivity index (χ1v) is 6.57. The lowest BCUT2D eigenvalue weighted by molar-refractivity contribution is 0.0966. The zero-order valence-corrected chi connectivity index (χ0v) is 12.4. The summed E-state index contributed by atoms with van der Waals surface area (Å²) in [5, 5.41) is 4.80. The third-order valence-corrected chi connectivity index (χ3v) is 3.52. The van der Waals surface area contributed by atoms with Gasteiger partial charge in [-0.25, -0.2) is 0 Å². The summed E-state index contributed by atoms with van der Waals surface area (Å²) >= 11 is 5.95. The van der Waals surface area contributed by atoms with Gasteiger partial charge in [0, 0.05) is 11.8 Å². The molecule has 2 aromatic rings. The summed E-state index contributed by atoms with van der Waals surface area (Å²) < 4.78 is 1.60. The number of carbonyl (C=O) groups is 1. The second kappa shape index (κ2) is 5.17. The van der Waals surface area contributed by atoms with Crippen LogP contribution in [0.5, 0.6) is 0 Å². The van der Waals surface area contributed by atoms with Crippen LogP contribution < -0.4 is 0 Å². The Morgan fingerprint density at radius 2 is 1.79 bits per heavy atom. The van der Waals surface area contributed by atoms with Crippen LogP contribution in [0.2, 0.25) is 5.02 Å². The van der Waals surface area contributed by atoms with Crippen LogP contribution in [0.1, 0.15) is 32.7 Å². The topological polar surface area (TPSA) is 34.9 Å². The Hall–Kier alpha value is -1.61. The van der Waals surface area contributed by atoms with Crippen molar-refractivity contribution in [2.75, 3.05) is 0 Å². The first-order chi connectivity index (χ1) is 8.88. The number of carbonyl (C=O) groups excluding carboxylic acids is 1. The molecule has 0 unspecified atom stereocenters. The normalized spacial score (nSPS) is 10.8. The molecule has 0 amide bonds. The number of hydrogen-bond donors (Lipinski definition) is 0. The monoisotopic (exact) mass is 276 g/mol. The second-order valence-electron chi connectivity index (χ2n) is 4.96. The average molecular weight is 277 g/mol. The van der Waals surface area contributed by atoms with Gasteiger partial charge in [0.15, 0.2) is 5.78 Å². The highest BCUT2D eigenvalue weighted by Crippen LogP contribution is 2.18. The molecule has 0 aliphatic heterocycles. The average Bonchev–Trinajstić information content (AvgIpc) is 2.55. The SMILES string of the molecule is Cc1cc(C)c(C(=O)Cn2cc(Cl)c(C)n2)c(C)c1. The van der Waals surface area contributed by atoms with E-state index < -0.39 is 0 Å². The van der Waals surface area contributed by atoms with E-state index in [-0.39, 0.29) is 12.3 Å². The summed E-state index contributed by atoms with van der Waals surface area (Å²) in [5.74, 6) is 0.0640. The molecule has 0 spiro atoms. The van der Waals surface area contributed by atoms with Crippen LogP contribution in [0.3, 0.4) is 0 Å². The number of halogens is 1. The lowest BCUT2D eigenvalue weighted by Gasteiger charge is -2.10. The van der Waals surface area contributed by atoms with Gasteiger partial charge in [-0.15, -0.1) is 0 Å². The zero-order chi connectivity index (χ0) is 14.2. The van der Waals surface area contributed by atoms with E-state index in [9.17, 15) is 4.79 Å². The minimum absolute atomic E-state index is 0.0640. The van der Waals surface area contributed by atoms with Gasteiger partial charge in [0.05, 0.1) is 10.7 Å². The number of rotatable bonds is 3. The number of ketones is 1. The van der Waals surface area contributed by atoms with Gasteiger partial charge < -0.3 is 0 Å². The van der Waals surface area contributed by atoms with Crippen molar-refractivity contribution in [2.45, 2.75) is 34.2 Å². The van der Waals surface area contributed by atoms with E-state index in [2.05, 4.69) is 5.10 Å². The van der Waals surface area contributed by atoms with Crippen molar-refractivity contribution in [1.29, 1.82) is 0 Å². The van der Waals surface area contributed by atoms with Crippen LogP contribution >= 0.6 is 11.6 Å². The molecule has 0 atom stereocenters. The van der Waals surface area contributed by atoms with E-state index in [4.69, 9.17) is 11.6 Å². The molecule has 1 heterocycles. The van der Waals surface area contributed by atoms with E-state index in [1.807, 2.05) is 39.8 Å². The number of Topliss-reactive ketones (excluding diaryl/α,β-unsaturated/α-hetero) is 1. The molecule has 0 aliphatic carbocycles. The Morgan fingerprint density at radius 3 is 2.26 bits per heavy atom. The molecule has 100 valence electrons. The van der Waals surface area contributed by atoms with E-state index in [1.54, 1.807) is 10.9 Å². The molecular formula is C15H17ClN2O. The van der Waals surface area contributed by atoms with E-state index >= 15 is 0 Å². The standard InChI is InChI=1S/C15H17ClN2O/c1-9-5-10(2)15(11(3)6-9)14(19)8-18-7-13(16)12(4)17-18/h5-7H,8H2,1-4H3. The minimum Gasteiger partial charge on any atom is -0.292 e. The summed E-state index contributed by atoms with van der Waals surface area (Å²) in [4.78, 5) is 12.4. The van der Waals surface area contributed by atoms with Crippen LogP contribution in [0.15, 0.2) is 18.3 Å². The Bertz CT molecular complexity index is 601. The Balaban J connectivity index is 2.30. The minimum atomic E-state index is 0.0640. The predicted molar refractivity (Wildman–Crippen MR) is 77.0 cm³/mol. The Labute approximate surface area is 118 Å². The highest BCUT2D eigenvalue weighted by Gasteiger charge is 2.14. The van der Waals surface area contributed by atoms with Crippen molar-refractivity contribution in [1.82, 2.24) is 9.78 Å². The van der Waals surface area contributed by atoms with E-state index in [0.29, 0.717) is 5.02 Å². The number of aryl methyl sites for hydroxylation is 4. The molecule has 0 fully saturated rings. The second-order valence-corrected chi connectivity index (χ2v) is 5.36. The van der Waals surface area contributed by atoms with Gasteiger partial charge in [0.1, 0.15) is 6.54 Å². The van der Waals surface area contributed by atoms with Gasteiger partial charge in [0.25, 0.3) is 0 Å². The van der Waals surface area contributed by atoms with Gasteiger partial charge in [-0.3, -0.25) is 9.48 Å². The highest BCUT2D eigenvalue weighted by atomic mass is 35.5. The first kappa shape index (κ1) is 13.8. The summed E-state index contributed by atoms with van der Waals surface area (Å²) in [6, 6.07) is 4.06.